The molecule has 0 aliphatic heterocycles. The fourth-order valence-electron chi connectivity index (χ4n) is 1.45. The number of rotatable bonds is 3. The molecule has 74 valence electrons. The SMILES string of the molecule is CCC(C)(C)c1nc[nH]c1C(C)C. The van der Waals surface area contributed by atoms with E-state index in [2.05, 4.69) is 44.6 Å². The molecule has 0 amide bonds. The fraction of sp³-hybridized carbons (Fsp3) is 0.727. The van der Waals surface area contributed by atoms with Crippen LogP contribution in [0.1, 0.15) is 58.3 Å². The van der Waals surface area contributed by atoms with Crippen LogP contribution in [-0.4, -0.2) is 9.97 Å². The first-order chi connectivity index (χ1) is 5.99. The first-order valence-electron chi connectivity index (χ1n) is 5.02. The van der Waals surface area contributed by atoms with E-state index in [1.807, 2.05) is 6.33 Å². The average Bonchev–Trinajstić information content (AvgIpc) is 2.52. The number of nitrogens with one attached hydrogen (secondary N) is 1. The lowest BCUT2D eigenvalue weighted by Crippen LogP contribution is -2.18. The van der Waals surface area contributed by atoms with Crippen molar-refractivity contribution in [2.75, 3.05) is 0 Å². The van der Waals surface area contributed by atoms with E-state index in [1.165, 1.54) is 11.4 Å². The van der Waals surface area contributed by atoms with Crippen LogP contribution in [0.2, 0.25) is 0 Å². The van der Waals surface area contributed by atoms with Gasteiger partial charge in [0, 0.05) is 11.1 Å². The Hall–Kier alpha value is -0.790. The molecule has 0 saturated heterocycles. The highest BCUT2D eigenvalue weighted by atomic mass is 14.9. The molecule has 1 aromatic heterocycles. The van der Waals surface area contributed by atoms with Crippen molar-refractivity contribution in [1.82, 2.24) is 9.97 Å². The molecular weight excluding hydrogens is 160 g/mol. The summed E-state index contributed by atoms with van der Waals surface area (Å²) in [5.74, 6) is 0.531. The number of nitrogens with zero attached hydrogens (tertiary/aromatic N) is 1. The first kappa shape index (κ1) is 10.3. The van der Waals surface area contributed by atoms with Crippen LogP contribution in [0, 0.1) is 0 Å². The maximum absolute atomic E-state index is 4.42. The van der Waals surface area contributed by atoms with Crippen molar-refractivity contribution in [1.29, 1.82) is 0 Å². The molecule has 0 aromatic carbocycles. The minimum absolute atomic E-state index is 0.194. The predicted molar refractivity (Wildman–Crippen MR) is 56.0 cm³/mol. The summed E-state index contributed by atoms with van der Waals surface area (Å²) in [5.41, 5.74) is 2.71. The predicted octanol–water partition coefficient (Wildman–Crippen LogP) is 3.22. The molecule has 0 atom stereocenters. The Labute approximate surface area is 80.8 Å². The number of H-pyrrole nitrogens is 1. The third-order valence-electron chi connectivity index (χ3n) is 2.77. The molecule has 1 heterocycles. The third-order valence-corrected chi connectivity index (χ3v) is 2.77. The highest BCUT2D eigenvalue weighted by Gasteiger charge is 2.24. The Morgan fingerprint density at radius 3 is 2.54 bits per heavy atom. The van der Waals surface area contributed by atoms with Crippen LogP contribution in [0.25, 0.3) is 0 Å². The number of imidazole rings is 1. The molecule has 1 rings (SSSR count). The summed E-state index contributed by atoms with van der Waals surface area (Å²) in [7, 11) is 0. The van der Waals surface area contributed by atoms with E-state index in [0.717, 1.165) is 6.42 Å². The van der Waals surface area contributed by atoms with Gasteiger partial charge in [0.2, 0.25) is 0 Å². The van der Waals surface area contributed by atoms with E-state index >= 15 is 0 Å². The largest absolute Gasteiger partial charge is 0.348 e. The first-order valence-corrected chi connectivity index (χ1v) is 5.02. The second kappa shape index (κ2) is 3.52. The summed E-state index contributed by atoms with van der Waals surface area (Å²) < 4.78 is 0. The molecule has 0 fully saturated rings. The van der Waals surface area contributed by atoms with Gasteiger partial charge in [-0.05, 0) is 12.3 Å². The Morgan fingerprint density at radius 1 is 1.46 bits per heavy atom. The number of aromatic amines is 1. The lowest BCUT2D eigenvalue weighted by atomic mass is 9.83. The molecule has 13 heavy (non-hydrogen) atoms. The number of aromatic nitrogens is 2. The molecule has 2 nitrogen and oxygen atoms in total. The summed E-state index contributed by atoms with van der Waals surface area (Å²) in [5, 5.41) is 0. The van der Waals surface area contributed by atoms with Crippen molar-refractivity contribution >= 4 is 0 Å². The zero-order valence-corrected chi connectivity index (χ0v) is 9.31. The maximum Gasteiger partial charge on any atom is 0.0925 e. The van der Waals surface area contributed by atoms with Crippen molar-refractivity contribution in [3.63, 3.8) is 0 Å². The van der Waals surface area contributed by atoms with E-state index in [1.54, 1.807) is 0 Å². The lowest BCUT2D eigenvalue weighted by molar-refractivity contribution is 0.484. The van der Waals surface area contributed by atoms with E-state index < -0.39 is 0 Å². The van der Waals surface area contributed by atoms with Crippen molar-refractivity contribution in [2.45, 2.75) is 52.4 Å². The van der Waals surface area contributed by atoms with Gasteiger partial charge in [0.25, 0.3) is 0 Å². The molecule has 0 aliphatic rings. The van der Waals surface area contributed by atoms with Crippen molar-refractivity contribution < 1.29 is 0 Å². The van der Waals surface area contributed by atoms with Gasteiger partial charge in [0.1, 0.15) is 0 Å². The highest BCUT2D eigenvalue weighted by molar-refractivity contribution is 5.22. The molecule has 1 N–H and O–H groups in total. The third kappa shape index (κ3) is 1.93. The second-order valence-corrected chi connectivity index (χ2v) is 4.56. The van der Waals surface area contributed by atoms with Crippen molar-refractivity contribution in [3.8, 4) is 0 Å². The maximum atomic E-state index is 4.42. The number of hydrogen-bond acceptors (Lipinski definition) is 1. The highest BCUT2D eigenvalue weighted by Crippen LogP contribution is 2.30. The van der Waals surface area contributed by atoms with Gasteiger partial charge in [-0.25, -0.2) is 4.98 Å². The van der Waals surface area contributed by atoms with Crippen LogP contribution in [0.15, 0.2) is 6.33 Å². The quantitative estimate of drug-likeness (QED) is 0.760. The molecule has 0 aliphatic carbocycles. The van der Waals surface area contributed by atoms with Crippen molar-refractivity contribution in [2.24, 2.45) is 0 Å². The smallest absolute Gasteiger partial charge is 0.0925 e. The lowest BCUT2D eigenvalue weighted by Gasteiger charge is -2.22. The van der Waals surface area contributed by atoms with Crippen LogP contribution >= 0.6 is 0 Å². The Balaban J connectivity index is 3.07. The molecular formula is C11H20N2. The summed E-state index contributed by atoms with van der Waals surface area (Å²) >= 11 is 0. The fourth-order valence-corrected chi connectivity index (χ4v) is 1.45. The van der Waals surface area contributed by atoms with Crippen molar-refractivity contribution in [3.05, 3.63) is 17.7 Å². The molecule has 0 unspecified atom stereocenters. The zero-order chi connectivity index (χ0) is 10.1. The summed E-state index contributed by atoms with van der Waals surface area (Å²) in [4.78, 5) is 7.66. The van der Waals surface area contributed by atoms with Gasteiger partial charge in [0.15, 0.2) is 0 Å². The summed E-state index contributed by atoms with van der Waals surface area (Å²) in [6, 6.07) is 0. The summed E-state index contributed by atoms with van der Waals surface area (Å²) in [6.45, 7) is 11.1. The standard InChI is InChI=1S/C11H20N2/c1-6-11(4,5)10-9(8(2)3)12-7-13-10/h7-8H,6H2,1-5H3,(H,12,13). The summed E-state index contributed by atoms with van der Waals surface area (Å²) in [6.07, 6.45) is 2.93. The van der Waals surface area contributed by atoms with E-state index in [4.69, 9.17) is 0 Å². The van der Waals surface area contributed by atoms with Crippen LogP contribution in [0.5, 0.6) is 0 Å². The van der Waals surface area contributed by atoms with Gasteiger partial charge >= 0.3 is 0 Å². The molecule has 2 heteroatoms. The Morgan fingerprint density at radius 2 is 2.08 bits per heavy atom. The van der Waals surface area contributed by atoms with E-state index in [-0.39, 0.29) is 5.41 Å². The van der Waals surface area contributed by atoms with Gasteiger partial charge in [0.05, 0.1) is 12.0 Å². The topological polar surface area (TPSA) is 28.7 Å². The van der Waals surface area contributed by atoms with Gasteiger partial charge in [-0.3, -0.25) is 0 Å². The van der Waals surface area contributed by atoms with Crippen LogP contribution in [0.3, 0.4) is 0 Å². The Kier molecular flexibility index (Phi) is 2.79. The minimum Gasteiger partial charge on any atom is -0.348 e. The zero-order valence-electron chi connectivity index (χ0n) is 9.31. The van der Waals surface area contributed by atoms with Crippen LogP contribution in [0.4, 0.5) is 0 Å². The van der Waals surface area contributed by atoms with E-state index in [9.17, 15) is 0 Å². The normalized spacial score (nSPS) is 12.5. The van der Waals surface area contributed by atoms with Gasteiger partial charge in [-0.1, -0.05) is 34.6 Å². The molecule has 0 saturated carbocycles. The van der Waals surface area contributed by atoms with Gasteiger partial charge in [-0.2, -0.15) is 0 Å². The van der Waals surface area contributed by atoms with Gasteiger partial charge in [-0.15, -0.1) is 0 Å². The van der Waals surface area contributed by atoms with Crippen LogP contribution < -0.4 is 0 Å². The average molecular weight is 180 g/mol. The monoisotopic (exact) mass is 180 g/mol. The Bertz CT molecular complexity index is 271. The molecule has 0 radical (unpaired) electrons. The number of hydrogen-bond donors (Lipinski definition) is 1. The van der Waals surface area contributed by atoms with E-state index in [0.29, 0.717) is 5.92 Å². The molecule has 0 bridgehead atoms. The minimum atomic E-state index is 0.194. The van der Waals surface area contributed by atoms with Gasteiger partial charge < -0.3 is 4.98 Å². The van der Waals surface area contributed by atoms with Crippen LogP contribution in [-0.2, 0) is 5.41 Å². The molecule has 0 spiro atoms. The second-order valence-electron chi connectivity index (χ2n) is 4.56. The molecule has 1 aromatic rings.